The molecular weight excluding hydrogens is 234 g/mol. The van der Waals surface area contributed by atoms with Crippen LogP contribution >= 0.6 is 12.4 Å². The monoisotopic (exact) mass is 255 g/mol. The van der Waals surface area contributed by atoms with Crippen LogP contribution < -0.4 is 0 Å². The molecule has 3 nitrogen and oxygen atoms in total. The third-order valence-corrected chi connectivity index (χ3v) is 4.25. The zero-order valence-electron chi connectivity index (χ0n) is 10.5. The lowest BCUT2D eigenvalue weighted by molar-refractivity contribution is 0.0850. The summed E-state index contributed by atoms with van der Waals surface area (Å²) in [5, 5.41) is 7.36. The van der Waals surface area contributed by atoms with E-state index in [2.05, 4.69) is 22.0 Å². The van der Waals surface area contributed by atoms with Gasteiger partial charge in [-0.1, -0.05) is 6.92 Å². The summed E-state index contributed by atoms with van der Waals surface area (Å²) < 4.78 is 0. The molecule has 0 unspecified atom stereocenters. The first-order valence-corrected chi connectivity index (χ1v) is 6.63. The van der Waals surface area contributed by atoms with Gasteiger partial charge in [-0.3, -0.25) is 10.00 Å². The van der Waals surface area contributed by atoms with Crippen molar-refractivity contribution in [1.82, 2.24) is 15.1 Å². The Bertz CT molecular complexity index is 361. The van der Waals surface area contributed by atoms with E-state index in [0.717, 1.165) is 12.0 Å². The Kier molecular flexibility index (Phi) is 4.10. The summed E-state index contributed by atoms with van der Waals surface area (Å²) in [6.45, 7) is 4.87. The molecule has 2 aliphatic rings. The quantitative estimate of drug-likeness (QED) is 0.880. The van der Waals surface area contributed by atoms with Gasteiger partial charge in [-0.15, -0.1) is 12.4 Å². The minimum atomic E-state index is 0. The number of nitrogens with zero attached hydrogens (tertiary/aromatic N) is 2. The van der Waals surface area contributed by atoms with Gasteiger partial charge in [0.05, 0.1) is 6.20 Å². The van der Waals surface area contributed by atoms with Gasteiger partial charge in [-0.2, -0.15) is 5.10 Å². The van der Waals surface area contributed by atoms with Crippen molar-refractivity contribution in [1.29, 1.82) is 0 Å². The van der Waals surface area contributed by atoms with Crippen molar-refractivity contribution in [3.63, 3.8) is 0 Å². The molecule has 1 aliphatic carbocycles. The van der Waals surface area contributed by atoms with Crippen LogP contribution in [0.1, 0.15) is 37.4 Å². The molecule has 1 aliphatic heterocycles. The molecule has 96 valence electrons. The third-order valence-electron chi connectivity index (χ3n) is 4.25. The topological polar surface area (TPSA) is 31.9 Å². The molecule has 0 aromatic carbocycles. The zero-order chi connectivity index (χ0) is 11.0. The van der Waals surface area contributed by atoms with E-state index >= 15 is 0 Å². The van der Waals surface area contributed by atoms with Crippen molar-refractivity contribution < 1.29 is 0 Å². The minimum absolute atomic E-state index is 0. The number of likely N-dealkylation sites (tertiary alicyclic amines) is 1. The highest BCUT2D eigenvalue weighted by Crippen LogP contribution is 2.34. The van der Waals surface area contributed by atoms with Crippen molar-refractivity contribution in [2.75, 3.05) is 13.1 Å². The molecule has 17 heavy (non-hydrogen) atoms. The highest BCUT2D eigenvalue weighted by Gasteiger charge is 2.35. The highest BCUT2D eigenvalue weighted by atomic mass is 35.5. The summed E-state index contributed by atoms with van der Waals surface area (Å²) in [5.74, 6) is 0.869. The number of halogens is 1. The van der Waals surface area contributed by atoms with E-state index in [9.17, 15) is 0 Å². The van der Waals surface area contributed by atoms with Crippen molar-refractivity contribution in [2.24, 2.45) is 5.92 Å². The Hall–Kier alpha value is -0.540. The number of H-pyrrole nitrogens is 1. The van der Waals surface area contributed by atoms with Crippen LogP contribution in [0.4, 0.5) is 0 Å². The lowest BCUT2D eigenvalue weighted by Gasteiger charge is -2.43. The van der Waals surface area contributed by atoms with Gasteiger partial charge in [0.1, 0.15) is 0 Å². The largest absolute Gasteiger partial charge is 0.300 e. The molecule has 1 aromatic rings. The van der Waals surface area contributed by atoms with Crippen molar-refractivity contribution in [3.05, 3.63) is 17.5 Å². The molecule has 4 heteroatoms. The average molecular weight is 256 g/mol. The van der Waals surface area contributed by atoms with Crippen LogP contribution in [0.15, 0.2) is 6.20 Å². The molecule has 1 saturated heterocycles. The maximum Gasteiger partial charge on any atom is 0.0522 e. The average Bonchev–Trinajstić information content (AvgIpc) is 2.74. The number of rotatable bonds is 2. The fourth-order valence-corrected chi connectivity index (χ4v) is 3.49. The minimum Gasteiger partial charge on any atom is -0.300 e. The van der Waals surface area contributed by atoms with E-state index in [0.29, 0.717) is 0 Å². The normalized spacial score (nSPS) is 28.1. The first kappa shape index (κ1) is 12.9. The van der Waals surface area contributed by atoms with Gasteiger partial charge in [0, 0.05) is 11.7 Å². The van der Waals surface area contributed by atoms with E-state index in [1.807, 2.05) is 6.20 Å². The van der Waals surface area contributed by atoms with Gasteiger partial charge in [0.2, 0.25) is 0 Å². The lowest BCUT2D eigenvalue weighted by atomic mass is 9.77. The number of fused-ring (bicyclic) bond motifs is 2. The second-order valence-corrected chi connectivity index (χ2v) is 5.29. The molecule has 0 amide bonds. The van der Waals surface area contributed by atoms with Crippen LogP contribution in [0, 0.1) is 5.92 Å². The van der Waals surface area contributed by atoms with Crippen molar-refractivity contribution in [3.8, 4) is 0 Å². The van der Waals surface area contributed by atoms with Gasteiger partial charge >= 0.3 is 0 Å². The fourth-order valence-electron chi connectivity index (χ4n) is 3.49. The summed E-state index contributed by atoms with van der Waals surface area (Å²) >= 11 is 0. The van der Waals surface area contributed by atoms with Crippen LogP contribution in [0.3, 0.4) is 0 Å². The van der Waals surface area contributed by atoms with E-state index in [4.69, 9.17) is 0 Å². The zero-order valence-corrected chi connectivity index (χ0v) is 11.3. The molecule has 1 N–H and O–H groups in total. The lowest BCUT2D eigenvalue weighted by Crippen LogP contribution is -2.49. The Balaban J connectivity index is 0.00000108. The molecular formula is C13H22ClN3. The second-order valence-electron chi connectivity index (χ2n) is 5.29. The maximum absolute atomic E-state index is 4.19. The standard InChI is InChI=1S/C13H21N3.ClH/c1-2-5-16-6-3-4-10-7-12-11(8-13(10)16)9-14-15-12;/h9-10,13H,2-8H2,1H3,(H,14,15);1H/t10-,13+;/m1./s1. The molecule has 0 saturated carbocycles. The van der Waals surface area contributed by atoms with Crippen molar-refractivity contribution >= 4 is 12.4 Å². The summed E-state index contributed by atoms with van der Waals surface area (Å²) in [6.07, 6.45) is 8.54. The van der Waals surface area contributed by atoms with Crippen LogP contribution in [-0.2, 0) is 12.8 Å². The maximum atomic E-state index is 4.19. The summed E-state index contributed by atoms with van der Waals surface area (Å²) in [4.78, 5) is 2.71. The number of hydrogen-bond donors (Lipinski definition) is 1. The predicted octanol–water partition coefficient (Wildman–Crippen LogP) is 2.42. The van der Waals surface area contributed by atoms with E-state index in [1.54, 1.807) is 0 Å². The molecule has 1 aromatic heterocycles. The highest BCUT2D eigenvalue weighted by molar-refractivity contribution is 5.85. The van der Waals surface area contributed by atoms with Gasteiger partial charge < -0.3 is 0 Å². The molecule has 0 spiro atoms. The van der Waals surface area contributed by atoms with Gasteiger partial charge in [-0.05, 0) is 56.7 Å². The number of piperidine rings is 1. The number of aromatic nitrogens is 2. The molecule has 0 radical (unpaired) electrons. The van der Waals surface area contributed by atoms with Crippen LogP contribution in [0.5, 0.6) is 0 Å². The fraction of sp³-hybridized carbons (Fsp3) is 0.769. The molecule has 1 fully saturated rings. The van der Waals surface area contributed by atoms with Crippen LogP contribution in [0.25, 0.3) is 0 Å². The smallest absolute Gasteiger partial charge is 0.0522 e. The van der Waals surface area contributed by atoms with E-state index in [-0.39, 0.29) is 12.4 Å². The first-order chi connectivity index (χ1) is 7.88. The Morgan fingerprint density at radius 2 is 2.35 bits per heavy atom. The summed E-state index contributed by atoms with van der Waals surface area (Å²) in [5.41, 5.74) is 2.86. The number of hydrogen-bond acceptors (Lipinski definition) is 2. The Labute approximate surface area is 109 Å². The molecule has 3 rings (SSSR count). The Morgan fingerprint density at radius 1 is 1.47 bits per heavy atom. The first-order valence-electron chi connectivity index (χ1n) is 6.63. The molecule has 2 atom stereocenters. The van der Waals surface area contributed by atoms with E-state index < -0.39 is 0 Å². The third kappa shape index (κ3) is 2.36. The van der Waals surface area contributed by atoms with Crippen molar-refractivity contribution in [2.45, 2.75) is 45.1 Å². The van der Waals surface area contributed by atoms with Crippen LogP contribution in [0.2, 0.25) is 0 Å². The Morgan fingerprint density at radius 3 is 3.18 bits per heavy atom. The van der Waals surface area contributed by atoms with Crippen LogP contribution in [-0.4, -0.2) is 34.2 Å². The molecule has 2 heterocycles. The molecule has 0 bridgehead atoms. The van der Waals surface area contributed by atoms with Gasteiger partial charge in [-0.25, -0.2) is 0 Å². The van der Waals surface area contributed by atoms with Gasteiger partial charge in [0.25, 0.3) is 0 Å². The number of aromatic amines is 1. The second kappa shape index (κ2) is 5.40. The van der Waals surface area contributed by atoms with Gasteiger partial charge in [0.15, 0.2) is 0 Å². The summed E-state index contributed by atoms with van der Waals surface area (Å²) in [6, 6.07) is 0.791. The summed E-state index contributed by atoms with van der Waals surface area (Å²) in [7, 11) is 0. The predicted molar refractivity (Wildman–Crippen MR) is 71.6 cm³/mol. The SMILES string of the molecule is CCCN1CCC[C@@H]2Cc3[nH]ncc3C[C@@H]21.Cl. The number of nitrogens with one attached hydrogen (secondary N) is 1. The van der Waals surface area contributed by atoms with E-state index in [1.165, 1.54) is 56.5 Å².